The lowest BCUT2D eigenvalue weighted by atomic mass is 9.75. The van der Waals surface area contributed by atoms with E-state index in [1.54, 1.807) is 0 Å². The molecule has 7 rings (SSSR count). The highest BCUT2D eigenvalue weighted by Crippen LogP contribution is 2.63. The third kappa shape index (κ3) is 3.32. The summed E-state index contributed by atoms with van der Waals surface area (Å²) in [6.45, 7) is 4.58. The standard InChI is InChI=1S/C31H33N3O6/c1-4-14(2)27(34-25(35)5-6-26(34)36)16-9-18-15-7-17(19(8-15)20(18)10-16)13-33-30(39)23-11-21-22(12-24(23)31(33)40)29(38)32(3)28(21)37/h5-6,11-12,14-20,27H,4,7-10,13H2,1-3H3. The number of benzene rings is 1. The number of rotatable bonds is 6. The number of hydrogen-bond donors (Lipinski definition) is 0. The van der Waals surface area contributed by atoms with Crippen molar-refractivity contribution in [1.29, 1.82) is 0 Å². The molecule has 8 unspecified atom stereocenters. The second-order valence-electron chi connectivity index (χ2n) is 12.8. The summed E-state index contributed by atoms with van der Waals surface area (Å²) in [5.74, 6) is 2.19. The highest BCUT2D eigenvalue weighted by Gasteiger charge is 2.58. The molecule has 3 aliphatic carbocycles. The lowest BCUT2D eigenvalue weighted by molar-refractivity contribution is -0.142. The Morgan fingerprint density at radius 3 is 1.88 bits per heavy atom. The van der Waals surface area contributed by atoms with Gasteiger partial charge in [0.15, 0.2) is 0 Å². The van der Waals surface area contributed by atoms with Crippen molar-refractivity contribution in [2.24, 2.45) is 48.5 Å². The predicted octanol–water partition coefficient (Wildman–Crippen LogP) is 2.09. The zero-order valence-corrected chi connectivity index (χ0v) is 23.0. The van der Waals surface area contributed by atoms with Gasteiger partial charge in [-0.2, -0.15) is 0 Å². The maximum Gasteiger partial charge on any atom is 0.261 e. The van der Waals surface area contributed by atoms with Gasteiger partial charge in [0, 0.05) is 31.8 Å². The molecule has 9 heteroatoms. The quantitative estimate of drug-likeness (QED) is 0.440. The molecular formula is C31H33N3O6. The van der Waals surface area contributed by atoms with Gasteiger partial charge in [0.2, 0.25) is 0 Å². The third-order valence-corrected chi connectivity index (χ3v) is 11.1. The Labute approximate surface area is 229 Å². The molecule has 1 aromatic carbocycles. The van der Waals surface area contributed by atoms with Crippen molar-refractivity contribution in [3.8, 4) is 0 Å². The Balaban J connectivity index is 1.16. The molecule has 4 aliphatic rings. The second-order valence-corrected chi connectivity index (χ2v) is 12.8. The molecule has 0 N–H and O–H groups in total. The van der Waals surface area contributed by atoms with Crippen molar-refractivity contribution < 1.29 is 9.59 Å². The van der Waals surface area contributed by atoms with E-state index < -0.39 is 22.2 Å². The summed E-state index contributed by atoms with van der Waals surface area (Å²) in [4.78, 5) is 78.4. The minimum absolute atomic E-state index is 0.105. The fraction of sp³-hybridized carbons (Fsp3) is 0.548. The highest BCUT2D eigenvalue weighted by molar-refractivity contribution is 6.13. The van der Waals surface area contributed by atoms with Crippen LogP contribution < -0.4 is 22.2 Å². The minimum Gasteiger partial charge on any atom is -0.277 e. The molecule has 2 aromatic heterocycles. The third-order valence-electron chi connectivity index (χ3n) is 11.1. The van der Waals surface area contributed by atoms with Crippen LogP contribution in [0.2, 0.25) is 0 Å². The van der Waals surface area contributed by atoms with Gasteiger partial charge in [0.05, 0.1) is 21.5 Å². The van der Waals surface area contributed by atoms with Crippen molar-refractivity contribution in [2.75, 3.05) is 0 Å². The van der Waals surface area contributed by atoms with Crippen molar-refractivity contribution in [2.45, 2.75) is 58.5 Å². The van der Waals surface area contributed by atoms with Gasteiger partial charge >= 0.3 is 0 Å². The molecule has 3 fully saturated rings. The van der Waals surface area contributed by atoms with Crippen LogP contribution >= 0.6 is 0 Å². The van der Waals surface area contributed by atoms with Crippen LogP contribution in [0.5, 0.6) is 0 Å². The molecule has 0 spiro atoms. The van der Waals surface area contributed by atoms with E-state index in [9.17, 15) is 28.8 Å². The topological polar surface area (TPSA) is 116 Å². The largest absolute Gasteiger partial charge is 0.277 e. The van der Waals surface area contributed by atoms with Gasteiger partial charge in [-0.15, -0.1) is 0 Å². The summed E-state index contributed by atoms with van der Waals surface area (Å²) in [7, 11) is 1.39. The van der Waals surface area contributed by atoms with Crippen LogP contribution in [-0.2, 0) is 23.2 Å². The molecule has 2 bridgehead atoms. The van der Waals surface area contributed by atoms with Crippen molar-refractivity contribution in [3.63, 3.8) is 0 Å². The zero-order chi connectivity index (χ0) is 28.2. The maximum atomic E-state index is 13.4. The number of carbonyl (C=O) groups excluding carboxylic acids is 2. The molecule has 0 radical (unpaired) electrons. The number of hydrogen-bond acceptors (Lipinski definition) is 6. The van der Waals surface area contributed by atoms with Crippen LogP contribution in [-0.4, -0.2) is 31.9 Å². The summed E-state index contributed by atoms with van der Waals surface area (Å²) in [6, 6.07) is 2.72. The molecular weight excluding hydrogens is 510 g/mol. The number of amides is 2. The van der Waals surface area contributed by atoms with E-state index in [4.69, 9.17) is 0 Å². The average Bonchev–Trinajstić information content (AvgIpc) is 3.77. The van der Waals surface area contributed by atoms with E-state index in [2.05, 4.69) is 13.8 Å². The summed E-state index contributed by atoms with van der Waals surface area (Å²) >= 11 is 0. The van der Waals surface area contributed by atoms with Gasteiger partial charge in [0.1, 0.15) is 0 Å². The van der Waals surface area contributed by atoms with E-state index in [1.165, 1.54) is 40.8 Å². The van der Waals surface area contributed by atoms with E-state index in [0.717, 1.165) is 36.7 Å². The summed E-state index contributed by atoms with van der Waals surface area (Å²) in [5.41, 5.74) is -1.70. The number of carbonyl (C=O) groups is 2. The Bertz CT molecular complexity index is 1740. The molecule has 2 amide bonds. The van der Waals surface area contributed by atoms with Gasteiger partial charge in [-0.1, -0.05) is 20.3 Å². The second kappa shape index (κ2) is 8.69. The SMILES string of the molecule is CCC(C)C(C1CC2C3CC(Cn4c(=O)c5cc6c(=O)n(C)c(=O)c6cc5c4=O)C(C3)C2C1)N1C(=O)C=CC1=O. The average molecular weight is 544 g/mol. The maximum absolute atomic E-state index is 13.4. The molecule has 9 nitrogen and oxygen atoms in total. The van der Waals surface area contributed by atoms with Gasteiger partial charge in [-0.05, 0) is 79.2 Å². The van der Waals surface area contributed by atoms with Crippen LogP contribution in [0, 0.1) is 41.4 Å². The Morgan fingerprint density at radius 2 is 1.30 bits per heavy atom. The summed E-state index contributed by atoms with van der Waals surface area (Å²) < 4.78 is 2.32. The fourth-order valence-electron chi connectivity index (χ4n) is 9.17. The first-order valence-corrected chi connectivity index (χ1v) is 14.5. The van der Waals surface area contributed by atoms with Gasteiger partial charge in [-0.3, -0.25) is 42.8 Å². The lowest BCUT2D eigenvalue weighted by Crippen LogP contribution is -2.47. The van der Waals surface area contributed by atoms with Crippen LogP contribution in [0.3, 0.4) is 0 Å². The predicted molar refractivity (Wildman–Crippen MR) is 150 cm³/mol. The Morgan fingerprint density at radius 1 is 0.750 bits per heavy atom. The molecule has 1 aliphatic heterocycles. The first-order valence-electron chi connectivity index (χ1n) is 14.5. The Hall–Kier alpha value is -3.62. The van der Waals surface area contributed by atoms with E-state index in [0.29, 0.717) is 30.2 Å². The van der Waals surface area contributed by atoms with Crippen molar-refractivity contribution in [1.82, 2.24) is 14.0 Å². The molecule has 0 saturated heterocycles. The first kappa shape index (κ1) is 25.4. The normalized spacial score (nSPS) is 30.8. The number of aromatic nitrogens is 2. The summed E-state index contributed by atoms with van der Waals surface area (Å²) in [5, 5.41) is 0.754. The van der Waals surface area contributed by atoms with Gasteiger partial charge in [-0.25, -0.2) is 0 Å². The molecule has 3 aromatic rings. The van der Waals surface area contributed by atoms with E-state index in [1.807, 2.05) is 0 Å². The minimum atomic E-state index is -0.458. The molecule has 3 heterocycles. The molecule has 208 valence electrons. The molecule has 8 atom stereocenters. The first-order chi connectivity index (χ1) is 19.1. The Kier molecular flexibility index (Phi) is 5.51. The van der Waals surface area contributed by atoms with Gasteiger partial charge < -0.3 is 0 Å². The highest BCUT2D eigenvalue weighted by atomic mass is 16.2. The molecule has 3 saturated carbocycles. The fourth-order valence-corrected chi connectivity index (χ4v) is 9.17. The smallest absolute Gasteiger partial charge is 0.261 e. The molecule has 40 heavy (non-hydrogen) atoms. The zero-order valence-electron chi connectivity index (χ0n) is 23.0. The van der Waals surface area contributed by atoms with E-state index in [-0.39, 0.29) is 57.2 Å². The summed E-state index contributed by atoms with van der Waals surface area (Å²) in [6.07, 6.45) is 7.68. The lowest BCUT2D eigenvalue weighted by Gasteiger charge is -2.36. The monoisotopic (exact) mass is 543 g/mol. The van der Waals surface area contributed by atoms with Crippen LogP contribution in [0.4, 0.5) is 0 Å². The number of fused-ring (bicyclic) bond motifs is 7. The number of nitrogens with zero attached hydrogens (tertiary/aromatic N) is 3. The van der Waals surface area contributed by atoms with Crippen molar-refractivity contribution >= 4 is 33.4 Å². The van der Waals surface area contributed by atoms with Gasteiger partial charge in [0.25, 0.3) is 34.1 Å². The van der Waals surface area contributed by atoms with Crippen LogP contribution in [0.1, 0.15) is 46.0 Å². The van der Waals surface area contributed by atoms with Crippen LogP contribution in [0.15, 0.2) is 43.5 Å². The van der Waals surface area contributed by atoms with Crippen molar-refractivity contribution in [3.05, 3.63) is 65.7 Å². The van der Waals surface area contributed by atoms with E-state index >= 15 is 0 Å². The van der Waals surface area contributed by atoms with Crippen LogP contribution in [0.25, 0.3) is 21.5 Å². The number of imide groups is 1.